The van der Waals surface area contributed by atoms with Crippen LogP contribution in [0.3, 0.4) is 0 Å². The Morgan fingerprint density at radius 2 is 2.19 bits per heavy atom. The third kappa shape index (κ3) is 1.79. The number of unbranched alkanes of at least 4 members (excludes halogenated alkanes) is 1. The van der Waals surface area contributed by atoms with Gasteiger partial charge in [-0.15, -0.1) is 0 Å². The van der Waals surface area contributed by atoms with Crippen LogP contribution in [0.15, 0.2) is 4.99 Å². The predicted octanol–water partition coefficient (Wildman–Crippen LogP) is 1.44. The second-order valence-corrected chi connectivity index (χ2v) is 5.04. The molecule has 2 unspecified atom stereocenters. The average Bonchev–Trinajstić information content (AvgIpc) is 3.05. The van der Waals surface area contributed by atoms with Crippen molar-refractivity contribution >= 4 is 5.96 Å². The van der Waals surface area contributed by atoms with Gasteiger partial charge in [0, 0.05) is 6.04 Å². The minimum atomic E-state index is -0.503. The lowest BCUT2D eigenvalue weighted by Crippen LogP contribution is -2.49. The molecule has 1 aliphatic heterocycles. The maximum absolute atomic E-state index is 10.4. The zero-order valence-corrected chi connectivity index (χ0v) is 10.3. The first-order valence-electron chi connectivity index (χ1n) is 6.46. The van der Waals surface area contributed by atoms with Crippen LogP contribution in [0.1, 0.15) is 52.4 Å². The maximum atomic E-state index is 10.4. The summed E-state index contributed by atoms with van der Waals surface area (Å²) < 4.78 is 0. The molecule has 0 radical (unpaired) electrons. The van der Waals surface area contributed by atoms with E-state index in [0.29, 0.717) is 12.0 Å². The largest absolute Gasteiger partial charge is 0.371 e. The minimum Gasteiger partial charge on any atom is -0.371 e. The van der Waals surface area contributed by atoms with Gasteiger partial charge in [-0.3, -0.25) is 0 Å². The van der Waals surface area contributed by atoms with E-state index in [2.05, 4.69) is 18.8 Å². The van der Waals surface area contributed by atoms with Gasteiger partial charge in [-0.1, -0.05) is 26.7 Å². The standard InChI is InChI=1S/C12H23N3O/c1-3-5-8-12(4-2)10(16)15(9-6-7-9)11(13)14-12/h9-10,16H,3-8H2,1-2H3,(H2,13,14). The van der Waals surface area contributed by atoms with Crippen molar-refractivity contribution in [1.82, 2.24) is 4.90 Å². The third-order valence-electron chi connectivity index (χ3n) is 3.86. The van der Waals surface area contributed by atoms with Crippen LogP contribution in [0.2, 0.25) is 0 Å². The molecule has 1 fully saturated rings. The van der Waals surface area contributed by atoms with E-state index >= 15 is 0 Å². The van der Waals surface area contributed by atoms with Gasteiger partial charge in [0.15, 0.2) is 12.2 Å². The van der Waals surface area contributed by atoms with E-state index in [0.717, 1.165) is 38.5 Å². The van der Waals surface area contributed by atoms with Gasteiger partial charge in [-0.2, -0.15) is 0 Å². The van der Waals surface area contributed by atoms with Gasteiger partial charge >= 0.3 is 0 Å². The number of rotatable bonds is 5. The molecule has 4 heteroatoms. The van der Waals surface area contributed by atoms with Gasteiger partial charge < -0.3 is 15.7 Å². The highest BCUT2D eigenvalue weighted by atomic mass is 16.3. The Kier molecular flexibility index (Phi) is 3.10. The molecule has 3 N–H and O–H groups in total. The van der Waals surface area contributed by atoms with E-state index in [9.17, 15) is 5.11 Å². The minimum absolute atomic E-state index is 0.345. The zero-order valence-electron chi connectivity index (χ0n) is 10.3. The van der Waals surface area contributed by atoms with Crippen molar-refractivity contribution in [3.63, 3.8) is 0 Å². The monoisotopic (exact) mass is 225 g/mol. The Morgan fingerprint density at radius 3 is 2.69 bits per heavy atom. The lowest BCUT2D eigenvalue weighted by atomic mass is 9.89. The molecule has 2 rings (SSSR count). The quantitative estimate of drug-likeness (QED) is 0.744. The number of guanidine groups is 1. The van der Waals surface area contributed by atoms with Crippen molar-refractivity contribution in [2.45, 2.75) is 70.2 Å². The summed E-state index contributed by atoms with van der Waals surface area (Å²) in [5, 5.41) is 10.4. The summed E-state index contributed by atoms with van der Waals surface area (Å²) in [6.45, 7) is 4.25. The van der Waals surface area contributed by atoms with Gasteiger partial charge in [0.05, 0.1) is 0 Å². The summed E-state index contributed by atoms with van der Waals surface area (Å²) in [6.07, 6.45) is 5.80. The Bertz CT molecular complexity index is 288. The van der Waals surface area contributed by atoms with Crippen molar-refractivity contribution in [3.05, 3.63) is 0 Å². The first kappa shape index (κ1) is 11.7. The molecule has 16 heavy (non-hydrogen) atoms. The van der Waals surface area contributed by atoms with E-state index < -0.39 is 6.23 Å². The van der Waals surface area contributed by atoms with E-state index in [4.69, 9.17) is 5.73 Å². The highest BCUT2D eigenvalue weighted by Crippen LogP contribution is 2.39. The fraction of sp³-hybridized carbons (Fsp3) is 0.917. The number of nitrogens with zero attached hydrogens (tertiary/aromatic N) is 2. The first-order valence-corrected chi connectivity index (χ1v) is 6.46. The van der Waals surface area contributed by atoms with Crippen molar-refractivity contribution in [3.8, 4) is 0 Å². The smallest absolute Gasteiger partial charge is 0.194 e. The second-order valence-electron chi connectivity index (χ2n) is 5.04. The lowest BCUT2D eigenvalue weighted by Gasteiger charge is -2.33. The summed E-state index contributed by atoms with van der Waals surface area (Å²) in [5.74, 6) is 0.549. The molecule has 0 aromatic heterocycles. The summed E-state index contributed by atoms with van der Waals surface area (Å²) in [7, 11) is 0. The third-order valence-corrected chi connectivity index (χ3v) is 3.86. The second kappa shape index (κ2) is 4.24. The summed E-state index contributed by atoms with van der Waals surface area (Å²) in [6, 6.07) is 0.439. The number of hydrogen-bond donors (Lipinski definition) is 2. The molecule has 0 saturated heterocycles. The molecule has 0 bridgehead atoms. The van der Waals surface area contributed by atoms with E-state index in [1.54, 1.807) is 0 Å². The van der Waals surface area contributed by atoms with Crippen LogP contribution in [0.4, 0.5) is 0 Å². The fourth-order valence-corrected chi connectivity index (χ4v) is 2.57. The first-order chi connectivity index (χ1) is 7.64. The normalized spacial score (nSPS) is 34.3. The molecule has 92 valence electrons. The maximum Gasteiger partial charge on any atom is 0.194 e. The topological polar surface area (TPSA) is 61.8 Å². The Labute approximate surface area is 97.5 Å². The van der Waals surface area contributed by atoms with Crippen molar-refractivity contribution in [2.24, 2.45) is 10.7 Å². The Hall–Kier alpha value is -0.770. The molecule has 1 heterocycles. The van der Waals surface area contributed by atoms with Crippen molar-refractivity contribution in [2.75, 3.05) is 0 Å². The molecule has 0 amide bonds. The van der Waals surface area contributed by atoms with Crippen LogP contribution in [-0.4, -0.2) is 33.8 Å². The molecule has 1 aliphatic carbocycles. The molecular weight excluding hydrogens is 202 g/mol. The molecular formula is C12H23N3O. The Balaban J connectivity index is 2.14. The van der Waals surface area contributed by atoms with Gasteiger partial charge in [0.1, 0.15) is 5.54 Å². The molecule has 0 aromatic rings. The van der Waals surface area contributed by atoms with E-state index in [1.165, 1.54) is 0 Å². The number of aliphatic imine (C=N–C) groups is 1. The van der Waals surface area contributed by atoms with Crippen LogP contribution >= 0.6 is 0 Å². The Morgan fingerprint density at radius 1 is 1.50 bits per heavy atom. The van der Waals surface area contributed by atoms with Crippen LogP contribution < -0.4 is 5.73 Å². The summed E-state index contributed by atoms with van der Waals surface area (Å²) >= 11 is 0. The number of aliphatic hydroxyl groups excluding tert-OH is 1. The lowest BCUT2D eigenvalue weighted by molar-refractivity contribution is -0.00498. The van der Waals surface area contributed by atoms with Crippen LogP contribution in [0, 0.1) is 0 Å². The van der Waals surface area contributed by atoms with Crippen LogP contribution in [0.5, 0.6) is 0 Å². The summed E-state index contributed by atoms with van der Waals surface area (Å²) in [4.78, 5) is 6.50. The number of hydrogen-bond acceptors (Lipinski definition) is 4. The van der Waals surface area contributed by atoms with Crippen LogP contribution in [0.25, 0.3) is 0 Å². The van der Waals surface area contributed by atoms with E-state index in [-0.39, 0.29) is 5.54 Å². The molecule has 2 atom stereocenters. The van der Waals surface area contributed by atoms with Crippen LogP contribution in [-0.2, 0) is 0 Å². The zero-order chi connectivity index (χ0) is 11.8. The highest BCUT2D eigenvalue weighted by Gasteiger charge is 2.50. The van der Waals surface area contributed by atoms with Crippen molar-refractivity contribution < 1.29 is 5.11 Å². The molecule has 4 nitrogen and oxygen atoms in total. The molecule has 2 aliphatic rings. The van der Waals surface area contributed by atoms with Gasteiger partial charge in [-0.05, 0) is 25.7 Å². The van der Waals surface area contributed by atoms with Gasteiger partial charge in [0.2, 0.25) is 0 Å². The van der Waals surface area contributed by atoms with Gasteiger partial charge in [-0.25, -0.2) is 4.99 Å². The summed E-state index contributed by atoms with van der Waals surface area (Å²) in [5.41, 5.74) is 5.60. The highest BCUT2D eigenvalue weighted by molar-refractivity contribution is 5.81. The predicted molar refractivity (Wildman–Crippen MR) is 65.0 cm³/mol. The average molecular weight is 225 g/mol. The number of aliphatic hydroxyl groups is 1. The molecule has 0 spiro atoms. The SMILES string of the molecule is CCCCC1(CC)N=C(N)N(C2CC2)C1O. The fourth-order valence-electron chi connectivity index (χ4n) is 2.57. The van der Waals surface area contributed by atoms with Gasteiger partial charge in [0.25, 0.3) is 0 Å². The van der Waals surface area contributed by atoms with Crippen molar-refractivity contribution in [1.29, 1.82) is 0 Å². The molecule has 0 aromatic carbocycles. The molecule has 1 saturated carbocycles. The number of nitrogens with two attached hydrogens (primary N) is 1. The van der Waals surface area contributed by atoms with E-state index in [1.807, 2.05) is 4.90 Å².